The summed E-state index contributed by atoms with van der Waals surface area (Å²) in [6.07, 6.45) is 4.94. The molecule has 5 heteroatoms. The number of rotatable bonds is 3. The molecule has 0 aromatic carbocycles. The molecule has 1 N–H and O–H groups in total. The van der Waals surface area contributed by atoms with Gasteiger partial charge in [-0.1, -0.05) is 0 Å². The number of hydrogen-bond acceptors (Lipinski definition) is 3. The van der Waals surface area contributed by atoms with Crippen LogP contribution in [0.3, 0.4) is 0 Å². The van der Waals surface area contributed by atoms with E-state index >= 15 is 0 Å². The average Bonchev–Trinajstić information content (AvgIpc) is 2.75. The van der Waals surface area contributed by atoms with E-state index in [1.54, 1.807) is 16.9 Å². The molecule has 0 aliphatic carbocycles. The van der Waals surface area contributed by atoms with Crippen LogP contribution >= 0.6 is 0 Å². The zero-order chi connectivity index (χ0) is 10.8. The van der Waals surface area contributed by atoms with Gasteiger partial charge in [0, 0.05) is 11.8 Å². The molecule has 15 heavy (non-hydrogen) atoms. The van der Waals surface area contributed by atoms with E-state index in [4.69, 9.17) is 9.52 Å². The third kappa shape index (κ3) is 1.90. The summed E-state index contributed by atoms with van der Waals surface area (Å²) < 4.78 is 6.54. The van der Waals surface area contributed by atoms with Crippen LogP contribution < -0.4 is 0 Å². The molecule has 0 saturated carbocycles. The van der Waals surface area contributed by atoms with E-state index in [1.807, 2.05) is 13.1 Å². The summed E-state index contributed by atoms with van der Waals surface area (Å²) in [5.41, 5.74) is 1.65. The molecule has 0 aliphatic rings. The molecule has 5 nitrogen and oxygen atoms in total. The number of aryl methyl sites for hydroxylation is 1. The maximum atomic E-state index is 10.8. The Hall–Kier alpha value is -2.04. The standard InChI is InChI=1S/C10H10N2O3/c1-7-4-11-12(5-7)6-8-2-3-15-9(8)10(13)14/h2-5H,6H2,1H3,(H,13,14). The molecule has 2 aromatic heterocycles. The Balaban J connectivity index is 2.24. The molecule has 0 spiro atoms. The van der Waals surface area contributed by atoms with Gasteiger partial charge in [0.05, 0.1) is 19.0 Å². The first-order valence-electron chi connectivity index (χ1n) is 4.45. The fourth-order valence-electron chi connectivity index (χ4n) is 1.38. The van der Waals surface area contributed by atoms with Gasteiger partial charge in [0.25, 0.3) is 0 Å². The molecule has 2 aromatic rings. The molecule has 0 bridgehead atoms. The maximum Gasteiger partial charge on any atom is 0.372 e. The van der Waals surface area contributed by atoms with Crippen molar-refractivity contribution in [2.45, 2.75) is 13.5 Å². The van der Waals surface area contributed by atoms with Crippen molar-refractivity contribution in [2.75, 3.05) is 0 Å². The van der Waals surface area contributed by atoms with Gasteiger partial charge in [-0.25, -0.2) is 4.79 Å². The first-order valence-corrected chi connectivity index (χ1v) is 4.45. The molecule has 2 rings (SSSR count). The largest absolute Gasteiger partial charge is 0.475 e. The number of aromatic carboxylic acids is 1. The Bertz CT molecular complexity index is 484. The second-order valence-electron chi connectivity index (χ2n) is 3.30. The Morgan fingerprint density at radius 2 is 2.47 bits per heavy atom. The summed E-state index contributed by atoms with van der Waals surface area (Å²) in [5.74, 6) is -1.08. The van der Waals surface area contributed by atoms with E-state index in [9.17, 15) is 4.79 Å². The topological polar surface area (TPSA) is 68.3 Å². The fraction of sp³-hybridized carbons (Fsp3) is 0.200. The molecule has 0 fully saturated rings. The Morgan fingerprint density at radius 1 is 1.67 bits per heavy atom. The smallest absolute Gasteiger partial charge is 0.372 e. The minimum atomic E-state index is -1.06. The molecule has 2 heterocycles. The summed E-state index contributed by atoms with van der Waals surface area (Å²) in [7, 11) is 0. The number of furan rings is 1. The van der Waals surface area contributed by atoms with Gasteiger partial charge < -0.3 is 9.52 Å². The molecule has 0 amide bonds. The van der Waals surface area contributed by atoms with Gasteiger partial charge in [-0.05, 0) is 18.6 Å². The van der Waals surface area contributed by atoms with Crippen LogP contribution in [0.2, 0.25) is 0 Å². The molecule has 0 aliphatic heterocycles. The average molecular weight is 206 g/mol. The van der Waals surface area contributed by atoms with Crippen LogP contribution in [-0.2, 0) is 6.54 Å². The third-order valence-corrected chi connectivity index (χ3v) is 2.04. The summed E-state index contributed by atoms with van der Waals surface area (Å²) in [6.45, 7) is 2.34. The van der Waals surface area contributed by atoms with Gasteiger partial charge >= 0.3 is 5.97 Å². The molecule has 0 unspecified atom stereocenters. The zero-order valence-corrected chi connectivity index (χ0v) is 8.17. The van der Waals surface area contributed by atoms with Crippen LogP contribution in [-0.4, -0.2) is 20.9 Å². The van der Waals surface area contributed by atoms with Crippen molar-refractivity contribution in [1.29, 1.82) is 0 Å². The van der Waals surface area contributed by atoms with Crippen LogP contribution in [0.4, 0.5) is 0 Å². The van der Waals surface area contributed by atoms with E-state index in [-0.39, 0.29) is 5.76 Å². The van der Waals surface area contributed by atoms with Gasteiger partial charge in [-0.3, -0.25) is 4.68 Å². The van der Waals surface area contributed by atoms with Gasteiger partial charge in [0.15, 0.2) is 0 Å². The van der Waals surface area contributed by atoms with Gasteiger partial charge in [-0.2, -0.15) is 5.10 Å². The first-order chi connectivity index (χ1) is 7.16. The van der Waals surface area contributed by atoms with Crippen LogP contribution in [0, 0.1) is 6.92 Å². The predicted octanol–water partition coefficient (Wildman–Crippen LogP) is 1.53. The van der Waals surface area contributed by atoms with Crippen LogP contribution in [0.5, 0.6) is 0 Å². The van der Waals surface area contributed by atoms with Gasteiger partial charge in [0.2, 0.25) is 5.76 Å². The first kappa shape index (κ1) is 9.51. The second kappa shape index (κ2) is 3.61. The van der Waals surface area contributed by atoms with Crippen molar-refractivity contribution >= 4 is 5.97 Å². The lowest BCUT2D eigenvalue weighted by Gasteiger charge is -1.99. The third-order valence-electron chi connectivity index (χ3n) is 2.04. The highest BCUT2D eigenvalue weighted by molar-refractivity contribution is 5.86. The molecule has 0 atom stereocenters. The molecular weight excluding hydrogens is 196 g/mol. The number of hydrogen-bond donors (Lipinski definition) is 1. The number of carbonyl (C=O) groups is 1. The monoisotopic (exact) mass is 206 g/mol. The van der Waals surface area contributed by atoms with E-state index in [0.717, 1.165) is 5.56 Å². The van der Waals surface area contributed by atoms with Crippen LogP contribution in [0.25, 0.3) is 0 Å². The second-order valence-corrected chi connectivity index (χ2v) is 3.30. The Morgan fingerprint density at radius 3 is 3.07 bits per heavy atom. The number of nitrogens with zero attached hydrogens (tertiary/aromatic N) is 2. The molecule has 0 saturated heterocycles. The van der Waals surface area contributed by atoms with Crippen molar-refractivity contribution in [3.8, 4) is 0 Å². The van der Waals surface area contributed by atoms with Crippen molar-refractivity contribution in [3.05, 3.63) is 41.6 Å². The van der Waals surface area contributed by atoms with E-state index in [2.05, 4.69) is 5.10 Å². The lowest BCUT2D eigenvalue weighted by atomic mass is 10.2. The normalized spacial score (nSPS) is 10.5. The summed E-state index contributed by atoms with van der Waals surface area (Å²) in [4.78, 5) is 10.8. The zero-order valence-electron chi connectivity index (χ0n) is 8.17. The Kier molecular flexibility index (Phi) is 2.29. The van der Waals surface area contributed by atoms with Crippen molar-refractivity contribution in [3.63, 3.8) is 0 Å². The number of carboxylic acid groups (broad SMARTS) is 1. The Labute approximate surface area is 85.9 Å². The van der Waals surface area contributed by atoms with Crippen molar-refractivity contribution in [1.82, 2.24) is 9.78 Å². The fourth-order valence-corrected chi connectivity index (χ4v) is 1.38. The maximum absolute atomic E-state index is 10.8. The summed E-state index contributed by atoms with van der Waals surface area (Å²) in [5, 5.41) is 12.9. The predicted molar refractivity (Wildman–Crippen MR) is 51.7 cm³/mol. The lowest BCUT2D eigenvalue weighted by Crippen LogP contribution is -2.04. The highest BCUT2D eigenvalue weighted by Crippen LogP contribution is 2.12. The summed E-state index contributed by atoms with van der Waals surface area (Å²) in [6, 6.07) is 1.64. The quantitative estimate of drug-likeness (QED) is 0.826. The van der Waals surface area contributed by atoms with Crippen LogP contribution in [0.15, 0.2) is 29.1 Å². The molecule has 0 radical (unpaired) electrons. The molecular formula is C10H10N2O3. The number of carboxylic acids is 1. The SMILES string of the molecule is Cc1cnn(Cc2ccoc2C(=O)O)c1. The van der Waals surface area contributed by atoms with Gasteiger partial charge in [0.1, 0.15) is 0 Å². The minimum absolute atomic E-state index is 0.0249. The van der Waals surface area contributed by atoms with Crippen LogP contribution in [0.1, 0.15) is 21.7 Å². The highest BCUT2D eigenvalue weighted by Gasteiger charge is 2.14. The molecule has 78 valence electrons. The van der Waals surface area contributed by atoms with Crippen molar-refractivity contribution < 1.29 is 14.3 Å². The van der Waals surface area contributed by atoms with E-state index in [0.29, 0.717) is 12.1 Å². The van der Waals surface area contributed by atoms with Gasteiger partial charge in [-0.15, -0.1) is 0 Å². The highest BCUT2D eigenvalue weighted by atomic mass is 16.4. The van der Waals surface area contributed by atoms with E-state index < -0.39 is 5.97 Å². The lowest BCUT2D eigenvalue weighted by molar-refractivity contribution is 0.0660. The number of aromatic nitrogens is 2. The minimum Gasteiger partial charge on any atom is -0.475 e. The summed E-state index contributed by atoms with van der Waals surface area (Å²) >= 11 is 0. The van der Waals surface area contributed by atoms with Crippen molar-refractivity contribution in [2.24, 2.45) is 0 Å². The van der Waals surface area contributed by atoms with E-state index in [1.165, 1.54) is 6.26 Å².